The first-order valence-corrected chi connectivity index (χ1v) is 4.91. The van der Waals surface area contributed by atoms with Crippen LogP contribution in [0.4, 0.5) is 0 Å². The summed E-state index contributed by atoms with van der Waals surface area (Å²) in [6.07, 6.45) is 2.56. The van der Waals surface area contributed by atoms with Crippen LogP contribution in [-0.2, 0) is 9.59 Å². The summed E-state index contributed by atoms with van der Waals surface area (Å²) >= 11 is 0. The van der Waals surface area contributed by atoms with Gasteiger partial charge in [0, 0.05) is 6.08 Å². The first kappa shape index (κ1) is 13.0. The van der Waals surface area contributed by atoms with Gasteiger partial charge in [0.25, 0.3) is 0 Å². The lowest BCUT2D eigenvalue weighted by atomic mass is 10.3. The number of carboxylic acids is 1. The van der Waals surface area contributed by atoms with Gasteiger partial charge in [0.2, 0.25) is 5.91 Å². The molecule has 0 saturated carbocycles. The van der Waals surface area contributed by atoms with Crippen molar-refractivity contribution in [2.75, 3.05) is 6.61 Å². The summed E-state index contributed by atoms with van der Waals surface area (Å²) in [4.78, 5) is 21.8. The van der Waals surface area contributed by atoms with E-state index in [4.69, 9.17) is 14.6 Å². The lowest BCUT2D eigenvalue weighted by molar-refractivity contribution is -0.142. The number of nitrogens with one attached hydrogen (secondary N) is 1. The second-order valence-electron chi connectivity index (χ2n) is 3.36. The summed E-state index contributed by atoms with van der Waals surface area (Å²) in [6.45, 7) is 1.11. The third-order valence-corrected chi connectivity index (χ3v) is 1.96. The number of amides is 1. The molecule has 0 aliphatic heterocycles. The van der Waals surface area contributed by atoms with E-state index in [2.05, 4.69) is 5.32 Å². The molecule has 1 amide bonds. The van der Waals surface area contributed by atoms with Gasteiger partial charge in [-0.05, 0) is 25.1 Å². The first-order chi connectivity index (χ1) is 8.02. The van der Waals surface area contributed by atoms with Crippen LogP contribution < -0.4 is 5.32 Å². The molecule has 1 aromatic rings. The standard InChI is InChI=1S/C11H13NO5/c1-7-2-3-8(17-7)4-5-10(14)12-9(6-13)11(15)16/h2-5,9,13H,6H2,1H3,(H,12,14)(H,15,16)/b5-4+. The Labute approximate surface area is 97.6 Å². The van der Waals surface area contributed by atoms with Gasteiger partial charge in [0.05, 0.1) is 6.61 Å². The maximum atomic E-state index is 11.3. The van der Waals surface area contributed by atoms with Gasteiger partial charge in [-0.1, -0.05) is 0 Å². The number of hydrogen-bond acceptors (Lipinski definition) is 4. The molecule has 0 aliphatic carbocycles. The van der Waals surface area contributed by atoms with Gasteiger partial charge in [0.15, 0.2) is 6.04 Å². The van der Waals surface area contributed by atoms with Crippen LogP contribution in [0.2, 0.25) is 0 Å². The fraction of sp³-hybridized carbons (Fsp3) is 0.273. The second-order valence-corrected chi connectivity index (χ2v) is 3.36. The van der Waals surface area contributed by atoms with E-state index in [1.807, 2.05) is 0 Å². The first-order valence-electron chi connectivity index (χ1n) is 4.91. The summed E-state index contributed by atoms with van der Waals surface area (Å²) in [5, 5.41) is 19.4. The van der Waals surface area contributed by atoms with Crippen molar-refractivity contribution < 1.29 is 24.2 Å². The van der Waals surface area contributed by atoms with Crippen molar-refractivity contribution in [1.29, 1.82) is 0 Å². The molecule has 1 atom stereocenters. The zero-order chi connectivity index (χ0) is 12.8. The molecule has 1 unspecified atom stereocenters. The van der Waals surface area contributed by atoms with Crippen molar-refractivity contribution in [1.82, 2.24) is 5.32 Å². The molecule has 0 spiro atoms. The quantitative estimate of drug-likeness (QED) is 0.636. The molecule has 92 valence electrons. The van der Waals surface area contributed by atoms with Gasteiger partial charge in [-0.15, -0.1) is 0 Å². The Balaban J connectivity index is 2.54. The van der Waals surface area contributed by atoms with Crippen LogP contribution in [0.1, 0.15) is 11.5 Å². The Bertz CT molecular complexity index is 435. The van der Waals surface area contributed by atoms with Crippen LogP contribution in [-0.4, -0.2) is 34.7 Å². The van der Waals surface area contributed by atoms with Crippen molar-refractivity contribution in [3.8, 4) is 0 Å². The van der Waals surface area contributed by atoms with Crippen molar-refractivity contribution in [3.63, 3.8) is 0 Å². The van der Waals surface area contributed by atoms with Crippen LogP contribution >= 0.6 is 0 Å². The molecule has 0 radical (unpaired) electrons. The average Bonchev–Trinajstić information content (AvgIpc) is 2.68. The third kappa shape index (κ3) is 4.12. The van der Waals surface area contributed by atoms with Gasteiger partial charge in [-0.25, -0.2) is 4.79 Å². The minimum Gasteiger partial charge on any atom is -0.480 e. The minimum atomic E-state index is -1.30. The molecule has 6 heteroatoms. The normalized spacial score (nSPS) is 12.6. The summed E-state index contributed by atoms with van der Waals surface area (Å²) in [7, 11) is 0. The Kier molecular flexibility index (Phi) is 4.47. The van der Waals surface area contributed by atoms with Crippen molar-refractivity contribution >= 4 is 18.0 Å². The van der Waals surface area contributed by atoms with Crippen LogP contribution in [0, 0.1) is 6.92 Å². The van der Waals surface area contributed by atoms with Crippen LogP contribution in [0.5, 0.6) is 0 Å². The number of hydrogen-bond donors (Lipinski definition) is 3. The topological polar surface area (TPSA) is 99.8 Å². The fourth-order valence-electron chi connectivity index (χ4n) is 1.11. The highest BCUT2D eigenvalue weighted by atomic mass is 16.4. The van der Waals surface area contributed by atoms with E-state index in [9.17, 15) is 9.59 Å². The van der Waals surface area contributed by atoms with Crippen molar-refractivity contribution in [2.45, 2.75) is 13.0 Å². The number of rotatable bonds is 5. The molecule has 1 aromatic heterocycles. The predicted octanol–water partition coefficient (Wildman–Crippen LogP) is 0.163. The zero-order valence-electron chi connectivity index (χ0n) is 9.21. The lowest BCUT2D eigenvalue weighted by Crippen LogP contribution is -2.42. The molecule has 6 nitrogen and oxygen atoms in total. The van der Waals surface area contributed by atoms with Gasteiger partial charge >= 0.3 is 5.97 Å². The highest BCUT2D eigenvalue weighted by Crippen LogP contribution is 2.07. The Hall–Kier alpha value is -2.08. The maximum absolute atomic E-state index is 11.3. The number of furan rings is 1. The molecule has 17 heavy (non-hydrogen) atoms. The van der Waals surface area contributed by atoms with Gasteiger partial charge in [0.1, 0.15) is 11.5 Å². The number of aliphatic hydroxyl groups excluding tert-OH is 1. The Morgan fingerprint density at radius 3 is 2.71 bits per heavy atom. The minimum absolute atomic E-state index is 0.494. The van der Waals surface area contributed by atoms with Gasteiger partial charge in [-0.3, -0.25) is 4.79 Å². The predicted molar refractivity (Wildman–Crippen MR) is 59.1 cm³/mol. The van der Waals surface area contributed by atoms with E-state index in [0.29, 0.717) is 11.5 Å². The van der Waals surface area contributed by atoms with Crippen molar-refractivity contribution in [3.05, 3.63) is 29.7 Å². The van der Waals surface area contributed by atoms with E-state index in [1.54, 1.807) is 19.1 Å². The summed E-state index contributed by atoms with van der Waals surface area (Å²) in [6, 6.07) is 2.12. The zero-order valence-corrected chi connectivity index (χ0v) is 9.21. The highest BCUT2D eigenvalue weighted by molar-refractivity contribution is 5.94. The molecule has 0 bridgehead atoms. The largest absolute Gasteiger partial charge is 0.480 e. The smallest absolute Gasteiger partial charge is 0.328 e. The third-order valence-electron chi connectivity index (χ3n) is 1.96. The van der Waals surface area contributed by atoms with E-state index >= 15 is 0 Å². The molecule has 1 rings (SSSR count). The summed E-state index contributed by atoms with van der Waals surface area (Å²) in [5.74, 6) is -0.694. The molecule has 0 fully saturated rings. The summed E-state index contributed by atoms with van der Waals surface area (Å²) in [5.41, 5.74) is 0. The number of aryl methyl sites for hydroxylation is 1. The van der Waals surface area contributed by atoms with E-state index in [0.717, 1.165) is 6.08 Å². The van der Waals surface area contributed by atoms with E-state index in [-0.39, 0.29) is 0 Å². The molecule has 1 heterocycles. The monoisotopic (exact) mass is 239 g/mol. The Morgan fingerprint density at radius 1 is 1.53 bits per heavy atom. The van der Waals surface area contributed by atoms with Crippen molar-refractivity contribution in [2.24, 2.45) is 0 Å². The molecular weight excluding hydrogens is 226 g/mol. The lowest BCUT2D eigenvalue weighted by Gasteiger charge is -2.08. The molecule has 3 N–H and O–H groups in total. The molecule has 0 saturated heterocycles. The Morgan fingerprint density at radius 2 is 2.24 bits per heavy atom. The maximum Gasteiger partial charge on any atom is 0.328 e. The number of carboxylic acid groups (broad SMARTS) is 1. The second kappa shape index (κ2) is 5.86. The van der Waals surface area contributed by atoms with Gasteiger partial charge < -0.3 is 19.9 Å². The van der Waals surface area contributed by atoms with Gasteiger partial charge in [-0.2, -0.15) is 0 Å². The SMILES string of the molecule is Cc1ccc(/C=C/C(=O)NC(CO)C(=O)O)o1. The van der Waals surface area contributed by atoms with Crippen LogP contribution in [0.25, 0.3) is 6.08 Å². The van der Waals surface area contributed by atoms with Crippen LogP contribution in [0.3, 0.4) is 0 Å². The number of carbonyl (C=O) groups is 2. The number of aliphatic carboxylic acids is 1. The summed E-state index contributed by atoms with van der Waals surface area (Å²) < 4.78 is 5.18. The van der Waals surface area contributed by atoms with E-state index < -0.39 is 24.5 Å². The molecule has 0 aromatic carbocycles. The fourth-order valence-corrected chi connectivity index (χ4v) is 1.11. The number of carbonyl (C=O) groups excluding carboxylic acids is 1. The molecular formula is C11H13NO5. The average molecular weight is 239 g/mol. The highest BCUT2D eigenvalue weighted by Gasteiger charge is 2.17. The molecule has 0 aliphatic rings. The van der Waals surface area contributed by atoms with Crippen LogP contribution in [0.15, 0.2) is 22.6 Å². The number of aliphatic hydroxyl groups is 1. The van der Waals surface area contributed by atoms with E-state index in [1.165, 1.54) is 6.08 Å².